The Balaban J connectivity index is 1.54. The molecule has 2 bridgehead atoms. The van der Waals surface area contributed by atoms with Crippen LogP contribution in [0.25, 0.3) is 16.6 Å². The van der Waals surface area contributed by atoms with E-state index in [0.29, 0.717) is 24.2 Å². The van der Waals surface area contributed by atoms with Crippen molar-refractivity contribution in [3.63, 3.8) is 0 Å². The van der Waals surface area contributed by atoms with Crippen molar-refractivity contribution in [1.29, 1.82) is 0 Å². The zero-order valence-electron chi connectivity index (χ0n) is 18.3. The number of aliphatic hydroxyl groups is 1. The van der Waals surface area contributed by atoms with Gasteiger partial charge in [-0.2, -0.15) is 4.98 Å². The molecule has 2 aromatic heterocycles. The first kappa shape index (κ1) is 20.0. The summed E-state index contributed by atoms with van der Waals surface area (Å²) >= 11 is 0. The summed E-state index contributed by atoms with van der Waals surface area (Å²) < 4.78 is 2.39. The van der Waals surface area contributed by atoms with Crippen molar-refractivity contribution < 1.29 is 5.11 Å². The number of hydrogen-bond donors (Lipinski definition) is 3. The molecule has 2 aliphatic heterocycles. The van der Waals surface area contributed by atoms with Gasteiger partial charge >= 0.3 is 0 Å². The first-order chi connectivity index (χ1) is 14.6. The highest BCUT2D eigenvalue weighted by molar-refractivity contribution is 5.91. The molecular formula is C24H35N5O. The van der Waals surface area contributed by atoms with Crippen LogP contribution in [0.4, 0.5) is 5.95 Å². The van der Waals surface area contributed by atoms with Crippen LogP contribution in [0.5, 0.6) is 0 Å². The average molecular weight is 410 g/mol. The predicted molar refractivity (Wildman–Crippen MR) is 122 cm³/mol. The maximum Gasteiger partial charge on any atom is 0.224 e. The van der Waals surface area contributed by atoms with Gasteiger partial charge in [0.05, 0.1) is 6.10 Å². The predicted octanol–water partition coefficient (Wildman–Crippen LogP) is 4.42. The molecule has 162 valence electrons. The largest absolute Gasteiger partial charge is 0.393 e. The third-order valence-electron chi connectivity index (χ3n) is 7.22. The molecule has 30 heavy (non-hydrogen) atoms. The molecule has 0 radical (unpaired) electrons. The maximum absolute atomic E-state index is 9.99. The van der Waals surface area contributed by atoms with E-state index in [4.69, 9.17) is 9.97 Å². The monoisotopic (exact) mass is 409 g/mol. The molecule has 1 saturated carbocycles. The molecule has 3 unspecified atom stereocenters. The molecule has 3 atom stereocenters. The van der Waals surface area contributed by atoms with E-state index < -0.39 is 0 Å². The standard InChI is InChI=1S/C24H35N5O/c1-3-4-15(2)26-24-25-13-21-22(16-11-17-5-6-18(12-16)27-17)14-29(23(21)28-24)19-7-9-20(30)10-8-19/h11,13-15,17-20,27,30H,3-10,12H2,1-2H3,(H,25,26,28). The summed E-state index contributed by atoms with van der Waals surface area (Å²) in [5.74, 6) is 0.726. The lowest BCUT2D eigenvalue weighted by molar-refractivity contribution is 0.111. The number of anilines is 1. The van der Waals surface area contributed by atoms with Gasteiger partial charge in [-0.1, -0.05) is 19.4 Å². The molecule has 6 nitrogen and oxygen atoms in total. The van der Waals surface area contributed by atoms with Gasteiger partial charge in [-0.05, 0) is 63.9 Å². The Hall–Kier alpha value is -1.92. The normalized spacial score (nSPS) is 29.8. The lowest BCUT2D eigenvalue weighted by Crippen LogP contribution is -2.31. The summed E-state index contributed by atoms with van der Waals surface area (Å²) in [7, 11) is 0. The van der Waals surface area contributed by atoms with Crippen molar-refractivity contribution >= 4 is 22.6 Å². The van der Waals surface area contributed by atoms with Gasteiger partial charge in [0, 0.05) is 47.5 Å². The fourth-order valence-electron chi connectivity index (χ4n) is 5.61. The van der Waals surface area contributed by atoms with Crippen molar-refractivity contribution in [2.75, 3.05) is 5.32 Å². The fourth-order valence-corrected chi connectivity index (χ4v) is 5.61. The van der Waals surface area contributed by atoms with E-state index in [2.05, 4.69) is 41.3 Å². The van der Waals surface area contributed by atoms with Gasteiger partial charge in [0.25, 0.3) is 0 Å². The third kappa shape index (κ3) is 3.87. The van der Waals surface area contributed by atoms with Crippen LogP contribution in [0.2, 0.25) is 0 Å². The Kier molecular flexibility index (Phi) is 5.54. The molecule has 1 aliphatic carbocycles. The second-order valence-corrected chi connectivity index (χ2v) is 9.62. The molecular weight excluding hydrogens is 374 g/mol. The van der Waals surface area contributed by atoms with Crippen molar-refractivity contribution in [2.24, 2.45) is 0 Å². The Morgan fingerprint density at radius 2 is 2.07 bits per heavy atom. The lowest BCUT2D eigenvalue weighted by Gasteiger charge is -2.27. The molecule has 0 spiro atoms. The van der Waals surface area contributed by atoms with Gasteiger partial charge in [-0.3, -0.25) is 0 Å². The van der Waals surface area contributed by atoms with E-state index in [9.17, 15) is 5.11 Å². The van der Waals surface area contributed by atoms with E-state index in [1.54, 1.807) is 0 Å². The van der Waals surface area contributed by atoms with Crippen LogP contribution in [0.15, 0.2) is 18.5 Å². The van der Waals surface area contributed by atoms with Gasteiger partial charge < -0.3 is 20.3 Å². The number of hydrogen-bond acceptors (Lipinski definition) is 5. The lowest BCUT2D eigenvalue weighted by atomic mass is 9.93. The highest BCUT2D eigenvalue weighted by atomic mass is 16.3. The molecule has 1 saturated heterocycles. The van der Waals surface area contributed by atoms with Gasteiger partial charge in [-0.15, -0.1) is 0 Å². The van der Waals surface area contributed by atoms with Crippen LogP contribution in [0.3, 0.4) is 0 Å². The topological polar surface area (TPSA) is 75.0 Å². The van der Waals surface area contributed by atoms with Gasteiger partial charge in [0.2, 0.25) is 5.95 Å². The second-order valence-electron chi connectivity index (χ2n) is 9.62. The zero-order chi connectivity index (χ0) is 20.7. The fraction of sp³-hybridized carbons (Fsp3) is 0.667. The molecule has 6 heteroatoms. The Morgan fingerprint density at radius 1 is 1.23 bits per heavy atom. The van der Waals surface area contributed by atoms with Crippen LogP contribution in [0.1, 0.15) is 83.2 Å². The Morgan fingerprint density at radius 3 is 2.83 bits per heavy atom. The van der Waals surface area contributed by atoms with Crippen molar-refractivity contribution in [3.8, 4) is 0 Å². The highest BCUT2D eigenvalue weighted by Crippen LogP contribution is 2.39. The SMILES string of the molecule is CCCC(C)Nc1ncc2c(C3=CC4CCC(C3)N4)cn(C3CCC(O)CC3)c2n1. The van der Waals surface area contributed by atoms with Gasteiger partial charge in [0.1, 0.15) is 5.65 Å². The Bertz CT molecular complexity index is 927. The molecule has 3 aliphatic rings. The maximum atomic E-state index is 9.99. The van der Waals surface area contributed by atoms with Crippen molar-refractivity contribution in [2.45, 2.75) is 102 Å². The molecule has 5 rings (SSSR count). The molecule has 0 aromatic carbocycles. The average Bonchev–Trinajstić information content (AvgIpc) is 3.28. The van der Waals surface area contributed by atoms with E-state index >= 15 is 0 Å². The second kappa shape index (κ2) is 8.31. The molecule has 0 amide bonds. The van der Waals surface area contributed by atoms with E-state index in [1.807, 2.05) is 6.20 Å². The van der Waals surface area contributed by atoms with Crippen LogP contribution < -0.4 is 10.6 Å². The first-order valence-corrected chi connectivity index (χ1v) is 11.9. The summed E-state index contributed by atoms with van der Waals surface area (Å²) in [4.78, 5) is 9.69. The number of nitrogens with zero attached hydrogens (tertiary/aromatic N) is 3. The number of nitrogens with one attached hydrogen (secondary N) is 2. The van der Waals surface area contributed by atoms with Crippen LogP contribution in [-0.2, 0) is 0 Å². The molecule has 2 aromatic rings. The number of rotatable bonds is 6. The van der Waals surface area contributed by atoms with Gasteiger partial charge in [-0.25, -0.2) is 4.98 Å². The smallest absolute Gasteiger partial charge is 0.224 e. The summed E-state index contributed by atoms with van der Waals surface area (Å²) in [6.07, 6.45) is 16.3. The zero-order valence-corrected chi connectivity index (χ0v) is 18.3. The summed E-state index contributed by atoms with van der Waals surface area (Å²) in [5, 5.41) is 18.4. The van der Waals surface area contributed by atoms with E-state index in [0.717, 1.165) is 56.5 Å². The quantitative estimate of drug-likeness (QED) is 0.659. The number of aliphatic hydroxyl groups excluding tert-OH is 1. The van der Waals surface area contributed by atoms with Crippen LogP contribution in [-0.4, -0.2) is 43.9 Å². The van der Waals surface area contributed by atoms with Crippen LogP contribution in [0, 0.1) is 0 Å². The minimum Gasteiger partial charge on any atom is -0.393 e. The van der Waals surface area contributed by atoms with Crippen molar-refractivity contribution in [3.05, 3.63) is 24.0 Å². The number of fused-ring (bicyclic) bond motifs is 3. The molecule has 2 fully saturated rings. The van der Waals surface area contributed by atoms with Crippen molar-refractivity contribution in [1.82, 2.24) is 19.9 Å². The third-order valence-corrected chi connectivity index (χ3v) is 7.22. The van der Waals surface area contributed by atoms with Gasteiger partial charge in [0.15, 0.2) is 0 Å². The molecule has 4 heterocycles. The molecule has 3 N–H and O–H groups in total. The Labute approximate surface area is 179 Å². The highest BCUT2D eigenvalue weighted by Gasteiger charge is 2.31. The summed E-state index contributed by atoms with van der Waals surface area (Å²) in [5.41, 5.74) is 3.80. The minimum absolute atomic E-state index is 0.146. The number of aromatic nitrogens is 3. The minimum atomic E-state index is -0.146. The summed E-state index contributed by atoms with van der Waals surface area (Å²) in [6, 6.07) is 1.89. The van der Waals surface area contributed by atoms with E-state index in [-0.39, 0.29) is 6.10 Å². The van der Waals surface area contributed by atoms with E-state index in [1.165, 1.54) is 29.4 Å². The summed E-state index contributed by atoms with van der Waals surface area (Å²) in [6.45, 7) is 4.40. The van der Waals surface area contributed by atoms with Crippen LogP contribution >= 0.6 is 0 Å². The first-order valence-electron chi connectivity index (χ1n) is 11.9.